The van der Waals surface area contributed by atoms with Gasteiger partial charge in [-0.25, -0.2) is 4.79 Å². The number of carboxylic acids is 1. The summed E-state index contributed by atoms with van der Waals surface area (Å²) in [5, 5.41) is 20.7. The lowest BCUT2D eigenvalue weighted by Gasteiger charge is -2.15. The molecule has 110 valence electrons. The molecule has 0 radical (unpaired) electrons. The Bertz CT molecular complexity index is 723. The van der Waals surface area contributed by atoms with Gasteiger partial charge in [-0.2, -0.15) is 5.26 Å². The average molecular weight is 295 g/mol. The van der Waals surface area contributed by atoms with Crippen LogP contribution in [0.1, 0.15) is 21.6 Å². The topological polar surface area (TPSA) is 103 Å². The van der Waals surface area contributed by atoms with E-state index in [0.717, 1.165) is 0 Å². The highest BCUT2D eigenvalue weighted by molar-refractivity contribution is 5.94. The van der Waals surface area contributed by atoms with E-state index in [1.165, 1.54) is 12.3 Å². The zero-order chi connectivity index (χ0) is 15.9. The Balaban J connectivity index is 2.16. The largest absolute Gasteiger partial charge is 0.480 e. The SMILES string of the molecule is N#Cc1ccccc1C[C@H](NC(=O)c1ccccn1)C(=O)O. The zero-order valence-electron chi connectivity index (χ0n) is 11.6. The zero-order valence-corrected chi connectivity index (χ0v) is 11.6. The molecule has 22 heavy (non-hydrogen) atoms. The van der Waals surface area contributed by atoms with Crippen molar-refractivity contribution in [3.05, 3.63) is 65.5 Å². The molecule has 1 aromatic carbocycles. The summed E-state index contributed by atoms with van der Waals surface area (Å²) in [6.45, 7) is 0. The standard InChI is InChI=1S/C16H13N3O3/c17-10-12-6-2-1-5-11(12)9-14(16(21)22)19-15(20)13-7-3-4-8-18-13/h1-8,14H,9H2,(H,19,20)(H,21,22)/t14-/m0/s1. The highest BCUT2D eigenvalue weighted by Crippen LogP contribution is 2.10. The van der Waals surface area contributed by atoms with E-state index < -0.39 is 17.9 Å². The lowest BCUT2D eigenvalue weighted by molar-refractivity contribution is -0.139. The van der Waals surface area contributed by atoms with Crippen LogP contribution in [0.4, 0.5) is 0 Å². The van der Waals surface area contributed by atoms with E-state index in [0.29, 0.717) is 11.1 Å². The first-order valence-electron chi connectivity index (χ1n) is 6.54. The number of carbonyl (C=O) groups excluding carboxylic acids is 1. The summed E-state index contributed by atoms with van der Waals surface area (Å²) in [6, 6.07) is 12.4. The van der Waals surface area contributed by atoms with Crippen molar-refractivity contribution in [3.63, 3.8) is 0 Å². The molecule has 1 amide bonds. The molecule has 0 unspecified atom stereocenters. The number of carbonyl (C=O) groups is 2. The fourth-order valence-corrected chi connectivity index (χ4v) is 1.96. The highest BCUT2D eigenvalue weighted by Gasteiger charge is 2.22. The van der Waals surface area contributed by atoms with Crippen LogP contribution in [0.25, 0.3) is 0 Å². The molecule has 1 heterocycles. The first kappa shape index (κ1) is 15.2. The summed E-state index contributed by atoms with van der Waals surface area (Å²) in [4.78, 5) is 27.2. The van der Waals surface area contributed by atoms with Crippen LogP contribution >= 0.6 is 0 Å². The van der Waals surface area contributed by atoms with Crippen LogP contribution in [0, 0.1) is 11.3 Å². The quantitative estimate of drug-likeness (QED) is 0.867. The molecule has 0 bridgehead atoms. The number of aliphatic carboxylic acids is 1. The van der Waals surface area contributed by atoms with E-state index in [2.05, 4.69) is 10.3 Å². The normalized spacial score (nSPS) is 11.2. The molecule has 0 aliphatic heterocycles. The molecule has 0 spiro atoms. The maximum atomic E-state index is 12.0. The third kappa shape index (κ3) is 3.67. The van der Waals surface area contributed by atoms with Crippen LogP contribution in [0.15, 0.2) is 48.7 Å². The van der Waals surface area contributed by atoms with E-state index in [-0.39, 0.29) is 12.1 Å². The Labute approximate surface area is 127 Å². The smallest absolute Gasteiger partial charge is 0.326 e. The third-order valence-corrected chi connectivity index (χ3v) is 3.06. The van der Waals surface area contributed by atoms with Crippen LogP contribution in [-0.4, -0.2) is 28.0 Å². The van der Waals surface area contributed by atoms with Crippen molar-refractivity contribution < 1.29 is 14.7 Å². The minimum absolute atomic E-state index is 0.0254. The summed E-state index contributed by atoms with van der Waals surface area (Å²) in [5.74, 6) is -1.74. The van der Waals surface area contributed by atoms with Gasteiger partial charge in [0.2, 0.25) is 0 Å². The van der Waals surface area contributed by atoms with Gasteiger partial charge in [0.25, 0.3) is 5.91 Å². The van der Waals surface area contributed by atoms with Gasteiger partial charge < -0.3 is 10.4 Å². The molecule has 1 atom stereocenters. The maximum absolute atomic E-state index is 12.0. The van der Waals surface area contributed by atoms with Crippen molar-refractivity contribution in [1.82, 2.24) is 10.3 Å². The Morgan fingerprint density at radius 1 is 1.23 bits per heavy atom. The van der Waals surface area contributed by atoms with E-state index in [1.54, 1.807) is 36.4 Å². The molecule has 1 aromatic heterocycles. The molecule has 6 heteroatoms. The lowest BCUT2D eigenvalue weighted by atomic mass is 10.0. The number of nitriles is 1. The Morgan fingerprint density at radius 3 is 2.59 bits per heavy atom. The van der Waals surface area contributed by atoms with Crippen LogP contribution in [0.2, 0.25) is 0 Å². The number of nitrogens with zero attached hydrogens (tertiary/aromatic N) is 2. The van der Waals surface area contributed by atoms with Crippen molar-refractivity contribution >= 4 is 11.9 Å². The van der Waals surface area contributed by atoms with Crippen LogP contribution in [0.3, 0.4) is 0 Å². The van der Waals surface area contributed by atoms with Gasteiger partial charge in [0.15, 0.2) is 0 Å². The second kappa shape index (κ2) is 6.99. The number of hydrogen-bond donors (Lipinski definition) is 2. The maximum Gasteiger partial charge on any atom is 0.326 e. The van der Waals surface area contributed by atoms with Crippen molar-refractivity contribution in [3.8, 4) is 6.07 Å². The molecular weight excluding hydrogens is 282 g/mol. The van der Waals surface area contributed by atoms with E-state index >= 15 is 0 Å². The minimum Gasteiger partial charge on any atom is -0.480 e. The van der Waals surface area contributed by atoms with Crippen LogP contribution < -0.4 is 5.32 Å². The number of nitrogens with one attached hydrogen (secondary N) is 1. The molecule has 6 nitrogen and oxygen atoms in total. The first-order valence-corrected chi connectivity index (χ1v) is 6.54. The van der Waals surface area contributed by atoms with Gasteiger partial charge in [0, 0.05) is 12.6 Å². The van der Waals surface area contributed by atoms with Crippen molar-refractivity contribution in [2.75, 3.05) is 0 Å². The van der Waals surface area contributed by atoms with Crippen LogP contribution in [-0.2, 0) is 11.2 Å². The van der Waals surface area contributed by atoms with Gasteiger partial charge in [-0.15, -0.1) is 0 Å². The summed E-state index contributed by atoms with van der Waals surface area (Å²) in [7, 11) is 0. The van der Waals surface area contributed by atoms with Crippen molar-refractivity contribution in [2.45, 2.75) is 12.5 Å². The third-order valence-electron chi connectivity index (χ3n) is 3.06. The molecular formula is C16H13N3O3. The number of rotatable bonds is 5. The molecule has 0 saturated heterocycles. The van der Waals surface area contributed by atoms with Crippen molar-refractivity contribution in [1.29, 1.82) is 5.26 Å². The van der Waals surface area contributed by atoms with Gasteiger partial charge in [0.05, 0.1) is 11.6 Å². The first-order chi connectivity index (χ1) is 10.6. The lowest BCUT2D eigenvalue weighted by Crippen LogP contribution is -2.42. The number of carboxylic acid groups (broad SMARTS) is 1. The van der Waals surface area contributed by atoms with Gasteiger partial charge in [-0.1, -0.05) is 24.3 Å². The molecule has 0 aliphatic carbocycles. The van der Waals surface area contributed by atoms with E-state index in [9.17, 15) is 14.7 Å². The molecule has 0 aliphatic rings. The number of pyridine rings is 1. The Kier molecular flexibility index (Phi) is 4.83. The van der Waals surface area contributed by atoms with Crippen LogP contribution in [0.5, 0.6) is 0 Å². The molecule has 2 N–H and O–H groups in total. The molecule has 2 aromatic rings. The number of amides is 1. The highest BCUT2D eigenvalue weighted by atomic mass is 16.4. The number of benzene rings is 1. The fraction of sp³-hybridized carbons (Fsp3) is 0.125. The molecule has 2 rings (SSSR count). The molecule has 0 saturated carbocycles. The summed E-state index contributed by atoms with van der Waals surface area (Å²) >= 11 is 0. The summed E-state index contributed by atoms with van der Waals surface area (Å²) < 4.78 is 0. The van der Waals surface area contributed by atoms with E-state index in [4.69, 9.17) is 5.26 Å². The Hall–Kier alpha value is -3.20. The second-order valence-corrected chi connectivity index (χ2v) is 4.55. The number of aromatic nitrogens is 1. The predicted octanol–water partition coefficient (Wildman–Crippen LogP) is 1.38. The minimum atomic E-state index is -1.17. The predicted molar refractivity (Wildman–Crippen MR) is 78.0 cm³/mol. The van der Waals surface area contributed by atoms with Gasteiger partial charge in [0.1, 0.15) is 11.7 Å². The van der Waals surface area contributed by atoms with Gasteiger partial charge >= 0.3 is 5.97 Å². The fourth-order valence-electron chi connectivity index (χ4n) is 1.96. The Morgan fingerprint density at radius 2 is 1.95 bits per heavy atom. The number of hydrogen-bond acceptors (Lipinski definition) is 4. The average Bonchev–Trinajstić information content (AvgIpc) is 2.55. The molecule has 0 fully saturated rings. The second-order valence-electron chi connectivity index (χ2n) is 4.55. The van der Waals surface area contributed by atoms with E-state index in [1.807, 2.05) is 6.07 Å². The van der Waals surface area contributed by atoms with Gasteiger partial charge in [-0.3, -0.25) is 9.78 Å². The van der Waals surface area contributed by atoms with Crippen molar-refractivity contribution in [2.24, 2.45) is 0 Å². The van der Waals surface area contributed by atoms with Gasteiger partial charge in [-0.05, 0) is 23.8 Å². The summed E-state index contributed by atoms with van der Waals surface area (Å²) in [5.41, 5.74) is 1.10. The monoisotopic (exact) mass is 295 g/mol. The summed E-state index contributed by atoms with van der Waals surface area (Å²) in [6.07, 6.45) is 1.48.